The molecular weight excluding hydrogens is 336 g/mol. The summed E-state index contributed by atoms with van der Waals surface area (Å²) in [5.74, 6) is 1.56. The highest BCUT2D eigenvalue weighted by atomic mass is 16.5. The average molecular weight is 367 g/mol. The number of nitrogens with one attached hydrogen (secondary N) is 1. The number of carbonyl (C=O) groups is 1. The van der Waals surface area contributed by atoms with Gasteiger partial charge in [0.1, 0.15) is 5.75 Å². The van der Waals surface area contributed by atoms with Crippen molar-refractivity contribution in [3.05, 3.63) is 65.2 Å². The standard InChI is InChI=1S/C23H30N2O2/c1-18-6-5-13-25(16-18)17-20-11-9-19(10-12-20)15-24-23(26)14-21-7-3-4-8-22(21)27-2/h3-4,7-12,18H,5-6,13-17H2,1-2H3,(H,24,26). The van der Waals surface area contributed by atoms with Crippen LogP contribution in [0.25, 0.3) is 0 Å². The number of benzene rings is 2. The molecule has 3 rings (SSSR count). The third-order valence-electron chi connectivity index (χ3n) is 5.20. The van der Waals surface area contributed by atoms with Crippen LogP contribution in [0, 0.1) is 5.92 Å². The Kier molecular flexibility index (Phi) is 6.88. The first-order valence-corrected chi connectivity index (χ1v) is 9.83. The van der Waals surface area contributed by atoms with Crippen molar-refractivity contribution in [3.63, 3.8) is 0 Å². The van der Waals surface area contributed by atoms with Gasteiger partial charge in [0.2, 0.25) is 5.91 Å². The van der Waals surface area contributed by atoms with Crippen LogP contribution < -0.4 is 10.1 Å². The summed E-state index contributed by atoms with van der Waals surface area (Å²) in [4.78, 5) is 14.8. The van der Waals surface area contributed by atoms with E-state index in [9.17, 15) is 4.79 Å². The second kappa shape index (κ2) is 9.56. The molecule has 0 radical (unpaired) electrons. The third-order valence-corrected chi connectivity index (χ3v) is 5.20. The summed E-state index contributed by atoms with van der Waals surface area (Å²) in [6.45, 7) is 6.30. The Hall–Kier alpha value is -2.33. The van der Waals surface area contributed by atoms with E-state index < -0.39 is 0 Å². The second-order valence-corrected chi connectivity index (χ2v) is 7.56. The zero-order valence-corrected chi connectivity index (χ0v) is 16.4. The molecular formula is C23H30N2O2. The van der Waals surface area contributed by atoms with E-state index in [1.54, 1.807) is 7.11 Å². The lowest BCUT2D eigenvalue weighted by Crippen LogP contribution is -2.33. The molecule has 2 aromatic carbocycles. The number of carbonyl (C=O) groups excluding carboxylic acids is 1. The Morgan fingerprint density at radius 2 is 1.89 bits per heavy atom. The molecule has 27 heavy (non-hydrogen) atoms. The average Bonchev–Trinajstić information content (AvgIpc) is 2.68. The molecule has 0 bridgehead atoms. The summed E-state index contributed by atoms with van der Waals surface area (Å²) in [6, 6.07) is 16.2. The van der Waals surface area contributed by atoms with Gasteiger partial charge in [-0.05, 0) is 42.5 Å². The van der Waals surface area contributed by atoms with Crippen LogP contribution >= 0.6 is 0 Å². The van der Waals surface area contributed by atoms with Crippen molar-refractivity contribution in [3.8, 4) is 5.75 Å². The summed E-state index contributed by atoms with van der Waals surface area (Å²) in [6.07, 6.45) is 2.98. The topological polar surface area (TPSA) is 41.6 Å². The molecule has 0 saturated carbocycles. The minimum atomic E-state index is 0.00545. The molecule has 1 amide bonds. The summed E-state index contributed by atoms with van der Waals surface area (Å²) in [5.41, 5.74) is 3.37. The SMILES string of the molecule is COc1ccccc1CC(=O)NCc1ccc(CN2CCCC(C)C2)cc1. The Balaban J connectivity index is 1.47. The molecule has 1 aliphatic heterocycles. The quantitative estimate of drug-likeness (QED) is 0.811. The monoisotopic (exact) mass is 366 g/mol. The molecule has 1 fully saturated rings. The van der Waals surface area contributed by atoms with Gasteiger partial charge in [-0.1, -0.05) is 49.4 Å². The minimum Gasteiger partial charge on any atom is -0.496 e. The van der Waals surface area contributed by atoms with E-state index in [1.807, 2.05) is 24.3 Å². The number of hydrogen-bond acceptors (Lipinski definition) is 3. The van der Waals surface area contributed by atoms with Gasteiger partial charge in [0, 0.05) is 25.2 Å². The van der Waals surface area contributed by atoms with Crippen LogP contribution in [-0.4, -0.2) is 31.0 Å². The van der Waals surface area contributed by atoms with Crippen molar-refractivity contribution in [1.29, 1.82) is 0 Å². The van der Waals surface area contributed by atoms with Gasteiger partial charge in [0.15, 0.2) is 0 Å². The van der Waals surface area contributed by atoms with Crippen LogP contribution in [0.3, 0.4) is 0 Å². The molecule has 144 valence electrons. The van der Waals surface area contributed by atoms with E-state index in [1.165, 1.54) is 31.5 Å². The first-order valence-electron chi connectivity index (χ1n) is 9.83. The van der Waals surface area contributed by atoms with Crippen LogP contribution in [0.5, 0.6) is 5.75 Å². The number of rotatable bonds is 7. The van der Waals surface area contributed by atoms with Crippen molar-refractivity contribution < 1.29 is 9.53 Å². The molecule has 1 atom stereocenters. The maximum atomic E-state index is 12.2. The lowest BCUT2D eigenvalue weighted by atomic mass is 9.99. The van der Waals surface area contributed by atoms with Crippen LogP contribution in [0.4, 0.5) is 0 Å². The van der Waals surface area contributed by atoms with Gasteiger partial charge < -0.3 is 10.1 Å². The zero-order chi connectivity index (χ0) is 19.1. The molecule has 1 aliphatic rings. The first-order chi connectivity index (χ1) is 13.1. The first kappa shape index (κ1) is 19.4. The van der Waals surface area contributed by atoms with Crippen molar-refractivity contribution in [1.82, 2.24) is 10.2 Å². The van der Waals surface area contributed by atoms with Crippen LogP contribution in [0.15, 0.2) is 48.5 Å². The second-order valence-electron chi connectivity index (χ2n) is 7.56. The van der Waals surface area contributed by atoms with Gasteiger partial charge in [0.25, 0.3) is 0 Å². The van der Waals surface area contributed by atoms with E-state index in [4.69, 9.17) is 4.74 Å². The molecule has 4 heteroatoms. The van der Waals surface area contributed by atoms with Gasteiger partial charge >= 0.3 is 0 Å². The van der Waals surface area contributed by atoms with Gasteiger partial charge in [-0.3, -0.25) is 9.69 Å². The fourth-order valence-corrected chi connectivity index (χ4v) is 3.74. The molecule has 1 heterocycles. The predicted molar refractivity (Wildman–Crippen MR) is 109 cm³/mol. The number of para-hydroxylation sites is 1. The highest BCUT2D eigenvalue weighted by Crippen LogP contribution is 2.19. The molecule has 0 aromatic heterocycles. The fourth-order valence-electron chi connectivity index (χ4n) is 3.74. The van der Waals surface area contributed by atoms with Crippen molar-refractivity contribution in [2.75, 3.05) is 20.2 Å². The smallest absolute Gasteiger partial charge is 0.224 e. The van der Waals surface area contributed by atoms with Crippen molar-refractivity contribution in [2.24, 2.45) is 5.92 Å². The summed E-state index contributed by atoms with van der Waals surface area (Å²) < 4.78 is 5.31. The van der Waals surface area contributed by atoms with Crippen LogP contribution in [-0.2, 0) is 24.3 Å². The van der Waals surface area contributed by atoms with Crippen LogP contribution in [0.1, 0.15) is 36.5 Å². The Labute approximate surface area is 162 Å². The molecule has 2 aromatic rings. The van der Waals surface area contributed by atoms with E-state index in [0.29, 0.717) is 13.0 Å². The molecule has 4 nitrogen and oxygen atoms in total. The van der Waals surface area contributed by atoms with E-state index in [2.05, 4.69) is 41.4 Å². The fraction of sp³-hybridized carbons (Fsp3) is 0.435. The number of piperidine rings is 1. The van der Waals surface area contributed by atoms with Gasteiger partial charge in [-0.25, -0.2) is 0 Å². The summed E-state index contributed by atoms with van der Waals surface area (Å²) in [5, 5.41) is 3.00. The van der Waals surface area contributed by atoms with Crippen molar-refractivity contribution >= 4 is 5.91 Å². The number of amides is 1. The van der Waals surface area contributed by atoms with Gasteiger partial charge in [-0.2, -0.15) is 0 Å². The Bertz CT molecular complexity index is 742. The Morgan fingerprint density at radius 3 is 2.63 bits per heavy atom. The molecule has 1 N–H and O–H groups in total. The summed E-state index contributed by atoms with van der Waals surface area (Å²) in [7, 11) is 1.63. The van der Waals surface area contributed by atoms with E-state index in [-0.39, 0.29) is 5.91 Å². The highest BCUT2D eigenvalue weighted by molar-refractivity contribution is 5.79. The van der Waals surface area contributed by atoms with Gasteiger partial charge in [-0.15, -0.1) is 0 Å². The number of ether oxygens (including phenoxy) is 1. The Morgan fingerprint density at radius 1 is 1.15 bits per heavy atom. The highest BCUT2D eigenvalue weighted by Gasteiger charge is 2.16. The normalized spacial score (nSPS) is 17.5. The van der Waals surface area contributed by atoms with E-state index >= 15 is 0 Å². The number of hydrogen-bond donors (Lipinski definition) is 1. The minimum absolute atomic E-state index is 0.00545. The van der Waals surface area contributed by atoms with Crippen LogP contribution in [0.2, 0.25) is 0 Å². The van der Waals surface area contributed by atoms with E-state index in [0.717, 1.165) is 29.3 Å². The number of nitrogens with zero attached hydrogens (tertiary/aromatic N) is 1. The molecule has 0 spiro atoms. The molecule has 1 unspecified atom stereocenters. The number of likely N-dealkylation sites (tertiary alicyclic amines) is 1. The summed E-state index contributed by atoms with van der Waals surface area (Å²) >= 11 is 0. The molecule has 0 aliphatic carbocycles. The molecule has 1 saturated heterocycles. The lowest BCUT2D eigenvalue weighted by molar-refractivity contribution is -0.120. The third kappa shape index (κ3) is 5.83. The number of methoxy groups -OCH3 is 1. The lowest BCUT2D eigenvalue weighted by Gasteiger charge is -2.30. The maximum Gasteiger partial charge on any atom is 0.224 e. The zero-order valence-electron chi connectivity index (χ0n) is 16.4. The largest absolute Gasteiger partial charge is 0.496 e. The van der Waals surface area contributed by atoms with Gasteiger partial charge in [0.05, 0.1) is 13.5 Å². The van der Waals surface area contributed by atoms with Crippen molar-refractivity contribution in [2.45, 2.75) is 39.3 Å². The predicted octanol–water partition coefficient (Wildman–Crippen LogP) is 3.79. The maximum absolute atomic E-state index is 12.2.